The second-order valence-corrected chi connectivity index (χ2v) is 3.20. The quantitative estimate of drug-likeness (QED) is 0.519. The molecule has 0 aromatic carbocycles. The lowest BCUT2D eigenvalue weighted by atomic mass is 10.1. The van der Waals surface area contributed by atoms with E-state index in [2.05, 4.69) is 0 Å². The van der Waals surface area contributed by atoms with Crippen molar-refractivity contribution < 1.29 is 15.3 Å². The summed E-state index contributed by atoms with van der Waals surface area (Å²) in [6.45, 7) is 1.91. The number of aliphatic hydroxyl groups is 3. The van der Waals surface area contributed by atoms with Crippen molar-refractivity contribution in [1.82, 2.24) is 0 Å². The molecule has 0 aromatic heterocycles. The molecule has 13 heavy (non-hydrogen) atoms. The maximum absolute atomic E-state index is 9.40. The Morgan fingerprint density at radius 1 is 1.15 bits per heavy atom. The fourth-order valence-electron chi connectivity index (χ4n) is 1.15. The molecular weight excluding hydrogens is 168 g/mol. The van der Waals surface area contributed by atoms with Gasteiger partial charge in [0.1, 0.15) is 0 Å². The first-order chi connectivity index (χ1) is 6.20. The van der Waals surface area contributed by atoms with Crippen molar-refractivity contribution in [2.45, 2.75) is 44.8 Å². The van der Waals surface area contributed by atoms with E-state index >= 15 is 0 Å². The van der Waals surface area contributed by atoms with Gasteiger partial charge in [0.25, 0.3) is 0 Å². The maximum Gasteiger partial charge on any atom is 0.0586 e. The summed E-state index contributed by atoms with van der Waals surface area (Å²) >= 11 is 0. The van der Waals surface area contributed by atoms with Crippen LogP contribution in [0.3, 0.4) is 0 Å². The molecule has 0 unspecified atom stereocenters. The summed E-state index contributed by atoms with van der Waals surface area (Å²) < 4.78 is 0. The van der Waals surface area contributed by atoms with Crippen LogP contribution in [0.2, 0.25) is 0 Å². The smallest absolute Gasteiger partial charge is 0.0586 e. The van der Waals surface area contributed by atoms with Gasteiger partial charge in [-0.3, -0.25) is 0 Å². The highest BCUT2D eigenvalue weighted by Gasteiger charge is 2.10. The van der Waals surface area contributed by atoms with Crippen LogP contribution in [0.15, 0.2) is 12.2 Å². The molecule has 0 heterocycles. The molecule has 0 aliphatic carbocycles. The standard InChI is InChI=1S/C10H20O3/c1-2-3-4-5-9(12)8-10(13)6-7-11/h2-3,9-13H,4-8H2,1H3/b3-2+/t9-,10+/m1/s1. The third kappa shape index (κ3) is 7.96. The third-order valence-corrected chi connectivity index (χ3v) is 1.91. The first-order valence-electron chi connectivity index (χ1n) is 4.78. The molecule has 3 nitrogen and oxygen atoms in total. The lowest BCUT2D eigenvalue weighted by Crippen LogP contribution is -2.18. The lowest BCUT2D eigenvalue weighted by Gasteiger charge is -2.13. The van der Waals surface area contributed by atoms with Crippen LogP contribution in [-0.4, -0.2) is 34.1 Å². The zero-order valence-electron chi connectivity index (χ0n) is 8.19. The molecule has 0 radical (unpaired) electrons. The molecule has 0 fully saturated rings. The third-order valence-electron chi connectivity index (χ3n) is 1.91. The van der Waals surface area contributed by atoms with E-state index in [0.717, 1.165) is 6.42 Å². The van der Waals surface area contributed by atoms with Crippen molar-refractivity contribution in [3.63, 3.8) is 0 Å². The topological polar surface area (TPSA) is 60.7 Å². The van der Waals surface area contributed by atoms with E-state index in [4.69, 9.17) is 5.11 Å². The van der Waals surface area contributed by atoms with Crippen LogP contribution in [0, 0.1) is 0 Å². The van der Waals surface area contributed by atoms with Gasteiger partial charge in [0.15, 0.2) is 0 Å². The van der Waals surface area contributed by atoms with Gasteiger partial charge in [-0.25, -0.2) is 0 Å². The second-order valence-electron chi connectivity index (χ2n) is 3.20. The minimum absolute atomic E-state index is 0.0251. The van der Waals surface area contributed by atoms with Crippen LogP contribution < -0.4 is 0 Å². The zero-order valence-corrected chi connectivity index (χ0v) is 8.19. The van der Waals surface area contributed by atoms with Gasteiger partial charge in [-0.05, 0) is 32.6 Å². The average Bonchev–Trinajstić information content (AvgIpc) is 2.05. The molecule has 0 rings (SSSR count). The first-order valence-corrected chi connectivity index (χ1v) is 4.78. The Hall–Kier alpha value is -0.380. The van der Waals surface area contributed by atoms with Gasteiger partial charge in [0.2, 0.25) is 0 Å². The van der Waals surface area contributed by atoms with E-state index in [-0.39, 0.29) is 6.61 Å². The number of allylic oxidation sites excluding steroid dienone is 2. The SMILES string of the molecule is C/C=C/CC[C@@H](O)C[C@@H](O)CCO. The highest BCUT2D eigenvalue weighted by atomic mass is 16.3. The highest BCUT2D eigenvalue weighted by Crippen LogP contribution is 2.07. The molecule has 0 bridgehead atoms. The van der Waals surface area contributed by atoms with Crippen molar-refractivity contribution in [2.24, 2.45) is 0 Å². The van der Waals surface area contributed by atoms with Crippen LogP contribution in [0.4, 0.5) is 0 Å². The van der Waals surface area contributed by atoms with E-state index < -0.39 is 12.2 Å². The van der Waals surface area contributed by atoms with Crippen molar-refractivity contribution >= 4 is 0 Å². The molecule has 3 N–H and O–H groups in total. The Kier molecular flexibility index (Phi) is 7.99. The molecule has 0 aliphatic rings. The summed E-state index contributed by atoms with van der Waals surface area (Å²) in [6, 6.07) is 0. The Balaban J connectivity index is 3.43. The predicted molar refractivity (Wildman–Crippen MR) is 52.4 cm³/mol. The van der Waals surface area contributed by atoms with Gasteiger partial charge in [0.05, 0.1) is 12.2 Å². The summed E-state index contributed by atoms with van der Waals surface area (Å²) in [5.41, 5.74) is 0. The van der Waals surface area contributed by atoms with Gasteiger partial charge >= 0.3 is 0 Å². The van der Waals surface area contributed by atoms with E-state index in [9.17, 15) is 10.2 Å². The number of rotatable bonds is 7. The van der Waals surface area contributed by atoms with Gasteiger partial charge in [-0.1, -0.05) is 12.2 Å². The molecular formula is C10H20O3. The lowest BCUT2D eigenvalue weighted by molar-refractivity contribution is 0.0608. The molecule has 0 aliphatic heterocycles. The monoisotopic (exact) mass is 188 g/mol. The Bertz CT molecular complexity index is 134. The van der Waals surface area contributed by atoms with Crippen LogP contribution >= 0.6 is 0 Å². The predicted octanol–water partition coefficient (Wildman–Crippen LogP) is 0.837. The molecule has 0 saturated carbocycles. The van der Waals surface area contributed by atoms with E-state index in [1.54, 1.807) is 0 Å². The normalized spacial score (nSPS) is 16.3. The van der Waals surface area contributed by atoms with Gasteiger partial charge in [-0.2, -0.15) is 0 Å². The molecule has 0 spiro atoms. The fraction of sp³-hybridized carbons (Fsp3) is 0.800. The number of hydrogen-bond acceptors (Lipinski definition) is 3. The fourth-order valence-corrected chi connectivity index (χ4v) is 1.15. The molecule has 0 amide bonds. The molecule has 0 saturated heterocycles. The molecule has 78 valence electrons. The number of aliphatic hydroxyl groups excluding tert-OH is 3. The van der Waals surface area contributed by atoms with Crippen molar-refractivity contribution in [3.8, 4) is 0 Å². The zero-order chi connectivity index (χ0) is 10.1. The van der Waals surface area contributed by atoms with Crippen LogP contribution in [-0.2, 0) is 0 Å². The Morgan fingerprint density at radius 2 is 1.77 bits per heavy atom. The van der Waals surface area contributed by atoms with Crippen LogP contribution in [0.5, 0.6) is 0 Å². The largest absolute Gasteiger partial charge is 0.396 e. The first kappa shape index (κ1) is 12.6. The minimum Gasteiger partial charge on any atom is -0.396 e. The van der Waals surface area contributed by atoms with Crippen LogP contribution in [0.1, 0.15) is 32.6 Å². The second kappa shape index (κ2) is 8.23. The summed E-state index contributed by atoms with van der Waals surface area (Å²) in [4.78, 5) is 0. The summed E-state index contributed by atoms with van der Waals surface area (Å²) in [7, 11) is 0. The van der Waals surface area contributed by atoms with Crippen molar-refractivity contribution in [3.05, 3.63) is 12.2 Å². The molecule has 0 aromatic rings. The van der Waals surface area contributed by atoms with Crippen LogP contribution in [0.25, 0.3) is 0 Å². The summed E-state index contributed by atoms with van der Waals surface area (Å²) in [5, 5.41) is 27.1. The van der Waals surface area contributed by atoms with E-state index in [1.807, 2.05) is 19.1 Å². The molecule has 2 atom stereocenters. The minimum atomic E-state index is -0.578. The molecule has 3 heteroatoms. The van der Waals surface area contributed by atoms with E-state index in [0.29, 0.717) is 19.3 Å². The number of hydrogen-bond donors (Lipinski definition) is 3. The van der Waals surface area contributed by atoms with Crippen molar-refractivity contribution in [1.29, 1.82) is 0 Å². The van der Waals surface area contributed by atoms with Gasteiger partial charge in [0, 0.05) is 6.61 Å². The average molecular weight is 188 g/mol. The van der Waals surface area contributed by atoms with Crippen molar-refractivity contribution in [2.75, 3.05) is 6.61 Å². The van der Waals surface area contributed by atoms with Gasteiger partial charge < -0.3 is 15.3 Å². The Morgan fingerprint density at radius 3 is 2.31 bits per heavy atom. The van der Waals surface area contributed by atoms with Gasteiger partial charge in [-0.15, -0.1) is 0 Å². The summed E-state index contributed by atoms with van der Waals surface area (Å²) in [5.74, 6) is 0. The highest BCUT2D eigenvalue weighted by molar-refractivity contribution is 4.78. The summed E-state index contributed by atoms with van der Waals surface area (Å²) in [6.07, 6.45) is 5.11. The van der Waals surface area contributed by atoms with E-state index in [1.165, 1.54) is 0 Å². The maximum atomic E-state index is 9.40. The Labute approximate surface area is 79.7 Å².